The van der Waals surface area contributed by atoms with Gasteiger partial charge in [-0.05, 0) is 42.5 Å². The maximum Gasteiger partial charge on any atom is 0.308 e. The van der Waals surface area contributed by atoms with Gasteiger partial charge in [-0.1, -0.05) is 11.3 Å². The van der Waals surface area contributed by atoms with Crippen molar-refractivity contribution in [1.82, 2.24) is 4.98 Å². The number of hydrogen-bond acceptors (Lipinski definition) is 6. The smallest absolute Gasteiger partial charge is 0.308 e. The minimum Gasteiger partial charge on any atom is -0.427 e. The zero-order chi connectivity index (χ0) is 16.4. The molecule has 0 fully saturated rings. The fourth-order valence-electron chi connectivity index (χ4n) is 2.00. The molecule has 0 bridgehead atoms. The molecule has 0 aliphatic heterocycles. The van der Waals surface area contributed by atoms with E-state index in [4.69, 9.17) is 10.5 Å². The molecule has 7 heteroatoms. The van der Waals surface area contributed by atoms with E-state index in [0.717, 1.165) is 10.2 Å². The quantitative estimate of drug-likeness (QED) is 0.438. The van der Waals surface area contributed by atoms with Crippen molar-refractivity contribution in [2.75, 3.05) is 11.1 Å². The number of hydrogen-bond donors (Lipinski definition) is 2. The molecule has 1 heterocycles. The Bertz CT molecular complexity index is 887. The number of nitrogens with two attached hydrogens (primary N) is 1. The zero-order valence-corrected chi connectivity index (χ0v) is 13.0. The standard InChI is InChI=1S/C16H13N3O3S/c1-9(20)22-12-5-2-10(3-6-12)15(21)19-16-18-13-7-4-11(17)8-14(13)23-16/h2-8H,17H2,1H3,(H,18,19,21). The lowest BCUT2D eigenvalue weighted by Crippen LogP contribution is -2.11. The topological polar surface area (TPSA) is 94.3 Å². The highest BCUT2D eigenvalue weighted by Crippen LogP contribution is 2.27. The third-order valence-electron chi connectivity index (χ3n) is 3.01. The average Bonchev–Trinajstić information content (AvgIpc) is 2.88. The minimum absolute atomic E-state index is 0.286. The zero-order valence-electron chi connectivity index (χ0n) is 12.2. The number of carbonyl (C=O) groups excluding carboxylic acids is 2. The van der Waals surface area contributed by atoms with Crippen LogP contribution >= 0.6 is 11.3 Å². The van der Waals surface area contributed by atoms with Crippen molar-refractivity contribution in [1.29, 1.82) is 0 Å². The van der Waals surface area contributed by atoms with Gasteiger partial charge < -0.3 is 10.5 Å². The van der Waals surface area contributed by atoms with Crippen molar-refractivity contribution in [2.24, 2.45) is 0 Å². The van der Waals surface area contributed by atoms with Gasteiger partial charge in [-0.2, -0.15) is 0 Å². The molecule has 2 aromatic carbocycles. The van der Waals surface area contributed by atoms with Gasteiger partial charge in [0, 0.05) is 18.2 Å². The molecule has 1 amide bonds. The Balaban J connectivity index is 1.75. The van der Waals surface area contributed by atoms with Gasteiger partial charge in [0.1, 0.15) is 5.75 Å². The van der Waals surface area contributed by atoms with Crippen LogP contribution in [0.5, 0.6) is 5.75 Å². The highest BCUT2D eigenvalue weighted by atomic mass is 32.1. The number of rotatable bonds is 3. The molecular formula is C16H13N3O3S. The third-order valence-corrected chi connectivity index (χ3v) is 3.94. The van der Waals surface area contributed by atoms with E-state index in [1.54, 1.807) is 30.3 Å². The Labute approximate surface area is 135 Å². The molecule has 0 unspecified atom stereocenters. The van der Waals surface area contributed by atoms with E-state index in [0.29, 0.717) is 22.1 Å². The normalized spacial score (nSPS) is 10.5. The second-order valence-electron chi connectivity index (χ2n) is 4.82. The number of ether oxygens (including phenoxy) is 1. The summed E-state index contributed by atoms with van der Waals surface area (Å²) in [5.74, 6) is -0.299. The van der Waals surface area contributed by atoms with Crippen molar-refractivity contribution in [2.45, 2.75) is 6.92 Å². The molecule has 0 atom stereocenters. The van der Waals surface area contributed by atoms with Crippen LogP contribution in [0.3, 0.4) is 0 Å². The third kappa shape index (κ3) is 3.46. The molecule has 3 rings (SSSR count). The summed E-state index contributed by atoms with van der Waals surface area (Å²) in [5.41, 5.74) is 7.61. The van der Waals surface area contributed by atoms with Crippen molar-refractivity contribution < 1.29 is 14.3 Å². The maximum absolute atomic E-state index is 12.2. The largest absolute Gasteiger partial charge is 0.427 e. The van der Waals surface area contributed by atoms with Crippen LogP contribution in [0, 0.1) is 0 Å². The molecule has 6 nitrogen and oxygen atoms in total. The molecular weight excluding hydrogens is 314 g/mol. The van der Waals surface area contributed by atoms with E-state index in [1.165, 1.54) is 18.3 Å². The first-order chi connectivity index (χ1) is 11.0. The van der Waals surface area contributed by atoms with Crippen molar-refractivity contribution in [3.05, 3.63) is 48.0 Å². The van der Waals surface area contributed by atoms with E-state index >= 15 is 0 Å². The number of thiazole rings is 1. The second kappa shape index (κ2) is 6.05. The number of carbonyl (C=O) groups is 2. The molecule has 0 saturated carbocycles. The van der Waals surface area contributed by atoms with Gasteiger partial charge in [0.05, 0.1) is 10.2 Å². The number of anilines is 2. The molecule has 0 spiro atoms. The molecule has 3 aromatic rings. The SMILES string of the molecule is CC(=O)Oc1ccc(C(=O)Nc2nc3ccc(N)cc3s2)cc1. The van der Waals surface area contributed by atoms with Crippen LogP contribution in [0.4, 0.5) is 10.8 Å². The highest BCUT2D eigenvalue weighted by Gasteiger charge is 2.10. The van der Waals surface area contributed by atoms with Crippen LogP contribution in [0.15, 0.2) is 42.5 Å². The van der Waals surface area contributed by atoms with Gasteiger partial charge in [0.25, 0.3) is 5.91 Å². The monoisotopic (exact) mass is 327 g/mol. The molecule has 1 aromatic heterocycles. The van der Waals surface area contributed by atoms with Crippen LogP contribution in [0.25, 0.3) is 10.2 Å². The minimum atomic E-state index is -0.407. The summed E-state index contributed by atoms with van der Waals surface area (Å²) >= 11 is 1.35. The summed E-state index contributed by atoms with van der Waals surface area (Å²) in [6.45, 7) is 1.32. The Morgan fingerprint density at radius 1 is 1.17 bits per heavy atom. The molecule has 0 saturated heterocycles. The second-order valence-corrected chi connectivity index (χ2v) is 5.85. The molecule has 23 heavy (non-hydrogen) atoms. The first-order valence-electron chi connectivity index (χ1n) is 6.77. The number of benzene rings is 2. The van der Waals surface area contributed by atoms with Crippen LogP contribution in [-0.2, 0) is 4.79 Å². The number of amides is 1. The van der Waals surface area contributed by atoms with E-state index in [1.807, 2.05) is 12.1 Å². The number of nitrogen functional groups attached to an aromatic ring is 1. The molecule has 3 N–H and O–H groups in total. The summed E-state index contributed by atoms with van der Waals surface area (Å²) in [7, 11) is 0. The van der Waals surface area contributed by atoms with E-state index in [2.05, 4.69) is 10.3 Å². The first-order valence-corrected chi connectivity index (χ1v) is 7.59. The number of nitrogens with one attached hydrogen (secondary N) is 1. The van der Waals surface area contributed by atoms with E-state index in [-0.39, 0.29) is 5.91 Å². The fourth-order valence-corrected chi connectivity index (χ4v) is 2.91. The number of nitrogens with zero attached hydrogens (tertiary/aromatic N) is 1. The van der Waals surface area contributed by atoms with Gasteiger partial charge in [-0.25, -0.2) is 4.98 Å². The summed E-state index contributed by atoms with van der Waals surface area (Å²) in [4.78, 5) is 27.4. The average molecular weight is 327 g/mol. The lowest BCUT2D eigenvalue weighted by Gasteiger charge is -2.03. The Morgan fingerprint density at radius 3 is 2.61 bits per heavy atom. The molecule has 0 aliphatic carbocycles. The summed E-state index contributed by atoms with van der Waals surface area (Å²) in [5, 5.41) is 3.25. The van der Waals surface area contributed by atoms with Gasteiger partial charge >= 0.3 is 5.97 Å². The number of esters is 1. The predicted octanol–water partition coefficient (Wildman–Crippen LogP) is 3.06. The number of fused-ring (bicyclic) bond motifs is 1. The number of aromatic nitrogens is 1. The van der Waals surface area contributed by atoms with Gasteiger partial charge in [0.15, 0.2) is 5.13 Å². The summed E-state index contributed by atoms with van der Waals surface area (Å²) < 4.78 is 5.83. The molecule has 0 aliphatic rings. The Morgan fingerprint density at radius 2 is 1.91 bits per heavy atom. The maximum atomic E-state index is 12.2. The molecule has 0 radical (unpaired) electrons. The van der Waals surface area contributed by atoms with Gasteiger partial charge in [-0.3, -0.25) is 14.9 Å². The van der Waals surface area contributed by atoms with Crippen molar-refractivity contribution >= 4 is 44.2 Å². The highest BCUT2D eigenvalue weighted by molar-refractivity contribution is 7.22. The summed E-state index contributed by atoms with van der Waals surface area (Å²) in [6.07, 6.45) is 0. The Kier molecular flexibility index (Phi) is 3.94. The van der Waals surface area contributed by atoms with Gasteiger partial charge in [-0.15, -0.1) is 0 Å². The lowest BCUT2D eigenvalue weighted by atomic mass is 10.2. The van der Waals surface area contributed by atoms with Crippen LogP contribution < -0.4 is 15.8 Å². The molecule has 116 valence electrons. The Hall–Kier alpha value is -2.93. The fraction of sp³-hybridized carbons (Fsp3) is 0.0625. The van der Waals surface area contributed by atoms with Crippen LogP contribution in [0.1, 0.15) is 17.3 Å². The predicted molar refractivity (Wildman–Crippen MR) is 89.7 cm³/mol. The lowest BCUT2D eigenvalue weighted by molar-refractivity contribution is -0.131. The van der Waals surface area contributed by atoms with Crippen molar-refractivity contribution in [3.8, 4) is 5.75 Å². The summed E-state index contributed by atoms with van der Waals surface area (Å²) in [6, 6.07) is 11.7. The van der Waals surface area contributed by atoms with Crippen LogP contribution in [0.2, 0.25) is 0 Å². The van der Waals surface area contributed by atoms with Crippen molar-refractivity contribution in [3.63, 3.8) is 0 Å². The van der Waals surface area contributed by atoms with E-state index in [9.17, 15) is 9.59 Å². The first kappa shape index (κ1) is 15.0. The van der Waals surface area contributed by atoms with Gasteiger partial charge in [0.2, 0.25) is 0 Å². The van der Waals surface area contributed by atoms with Crippen LogP contribution in [-0.4, -0.2) is 16.9 Å². The van der Waals surface area contributed by atoms with E-state index < -0.39 is 5.97 Å².